The number of aromatic nitrogens is 1. The molecule has 1 aliphatic rings. The molecule has 1 aliphatic heterocycles. The van der Waals surface area contributed by atoms with Crippen LogP contribution in [0.2, 0.25) is 5.02 Å². The van der Waals surface area contributed by atoms with E-state index in [1.165, 1.54) is 0 Å². The largest absolute Gasteiger partial charge is 0.308 e. The number of halogens is 3. The molecule has 0 N–H and O–H groups in total. The van der Waals surface area contributed by atoms with E-state index in [0.29, 0.717) is 11.6 Å². The zero-order chi connectivity index (χ0) is 12.9. The molecule has 0 aliphatic carbocycles. The van der Waals surface area contributed by atoms with Gasteiger partial charge >= 0.3 is 0 Å². The normalized spacial score (nSPS) is 14.4. The molecule has 18 heavy (non-hydrogen) atoms. The van der Waals surface area contributed by atoms with Crippen LogP contribution in [0.15, 0.2) is 23.0 Å². The molecule has 0 spiro atoms. The Morgan fingerprint density at radius 2 is 2.06 bits per heavy atom. The Kier molecular flexibility index (Phi) is 3.05. The summed E-state index contributed by atoms with van der Waals surface area (Å²) >= 11 is 18.0. The quantitative estimate of drug-likeness (QED) is 0.728. The van der Waals surface area contributed by atoms with E-state index in [1.807, 2.05) is 18.2 Å². The summed E-state index contributed by atoms with van der Waals surface area (Å²) in [5.74, 6) is 0. The molecule has 0 atom stereocenters. The Labute approximate surface area is 119 Å². The Bertz CT molecular complexity index is 691. The van der Waals surface area contributed by atoms with E-state index in [9.17, 15) is 4.79 Å². The second kappa shape index (κ2) is 4.44. The fourth-order valence-corrected chi connectivity index (χ4v) is 3.46. The van der Waals surface area contributed by atoms with Gasteiger partial charge in [-0.2, -0.15) is 0 Å². The van der Waals surface area contributed by atoms with Gasteiger partial charge in [-0.05, 0) is 18.4 Å². The standard InChI is InChI=1S/C13H10Cl3NO/c14-10-8-5-1-3-7-4-2-6-17(11(7)8)13(18)9(10)12(15)16/h1,3,5,12H,2,4,6H2. The maximum atomic E-state index is 12.4. The molecule has 0 radical (unpaired) electrons. The Morgan fingerprint density at radius 3 is 2.78 bits per heavy atom. The van der Waals surface area contributed by atoms with E-state index < -0.39 is 4.84 Å². The van der Waals surface area contributed by atoms with Crippen molar-refractivity contribution in [3.8, 4) is 0 Å². The minimum atomic E-state index is -0.899. The zero-order valence-corrected chi connectivity index (χ0v) is 11.7. The van der Waals surface area contributed by atoms with E-state index >= 15 is 0 Å². The molecule has 5 heteroatoms. The van der Waals surface area contributed by atoms with Crippen molar-refractivity contribution >= 4 is 45.7 Å². The molecule has 3 rings (SSSR count). The predicted octanol–water partition coefficient (Wildman–Crippen LogP) is 4.08. The summed E-state index contributed by atoms with van der Waals surface area (Å²) in [5.41, 5.74) is 2.20. The van der Waals surface area contributed by atoms with Gasteiger partial charge in [-0.1, -0.05) is 53.0 Å². The van der Waals surface area contributed by atoms with Crippen molar-refractivity contribution in [1.82, 2.24) is 4.57 Å². The van der Waals surface area contributed by atoms with Crippen LogP contribution < -0.4 is 5.56 Å². The molecule has 1 aromatic heterocycles. The second-order valence-electron chi connectivity index (χ2n) is 4.40. The average molecular weight is 303 g/mol. The molecule has 0 saturated heterocycles. The molecule has 2 nitrogen and oxygen atoms in total. The highest BCUT2D eigenvalue weighted by molar-refractivity contribution is 6.46. The number of rotatable bonds is 1. The Hall–Kier alpha value is -0.700. The van der Waals surface area contributed by atoms with E-state index in [4.69, 9.17) is 34.8 Å². The van der Waals surface area contributed by atoms with Gasteiger partial charge in [0.05, 0.1) is 16.1 Å². The van der Waals surface area contributed by atoms with E-state index in [-0.39, 0.29) is 11.1 Å². The summed E-state index contributed by atoms with van der Waals surface area (Å²) in [6.07, 6.45) is 1.92. The third-order valence-corrected chi connectivity index (χ3v) is 4.23. The van der Waals surface area contributed by atoms with Crippen LogP contribution in [0.25, 0.3) is 10.9 Å². The minimum Gasteiger partial charge on any atom is -0.308 e. The number of benzene rings is 1. The minimum absolute atomic E-state index is 0.172. The molecule has 1 aromatic carbocycles. The van der Waals surface area contributed by atoms with Crippen LogP contribution in [-0.4, -0.2) is 4.57 Å². The highest BCUT2D eigenvalue weighted by Gasteiger charge is 2.23. The number of hydrogen-bond donors (Lipinski definition) is 0. The first-order valence-electron chi connectivity index (χ1n) is 5.73. The van der Waals surface area contributed by atoms with Crippen molar-refractivity contribution in [2.45, 2.75) is 24.2 Å². The lowest BCUT2D eigenvalue weighted by Gasteiger charge is -2.21. The maximum Gasteiger partial charge on any atom is 0.258 e. The number of hydrogen-bond acceptors (Lipinski definition) is 1. The second-order valence-corrected chi connectivity index (χ2v) is 5.88. The fraction of sp³-hybridized carbons (Fsp3) is 0.308. The van der Waals surface area contributed by atoms with Crippen molar-refractivity contribution in [2.24, 2.45) is 0 Å². The van der Waals surface area contributed by atoms with Gasteiger partial charge in [-0.3, -0.25) is 4.79 Å². The molecule has 0 amide bonds. The predicted molar refractivity (Wildman–Crippen MR) is 76.0 cm³/mol. The summed E-state index contributed by atoms with van der Waals surface area (Å²) in [7, 11) is 0. The van der Waals surface area contributed by atoms with Crippen LogP contribution in [0.3, 0.4) is 0 Å². The lowest BCUT2D eigenvalue weighted by Crippen LogP contribution is -2.28. The first-order valence-corrected chi connectivity index (χ1v) is 6.98. The number of alkyl halides is 2. The van der Waals surface area contributed by atoms with Crippen LogP contribution in [0.1, 0.15) is 22.4 Å². The van der Waals surface area contributed by atoms with Gasteiger partial charge in [0.1, 0.15) is 4.84 Å². The number of pyridine rings is 1. The smallest absolute Gasteiger partial charge is 0.258 e. The van der Waals surface area contributed by atoms with Gasteiger partial charge in [0.15, 0.2) is 0 Å². The van der Waals surface area contributed by atoms with Gasteiger partial charge in [-0.25, -0.2) is 0 Å². The van der Waals surface area contributed by atoms with Crippen LogP contribution in [-0.2, 0) is 13.0 Å². The van der Waals surface area contributed by atoms with Crippen molar-refractivity contribution < 1.29 is 0 Å². The molecule has 2 heterocycles. The molecule has 0 saturated carbocycles. The average Bonchev–Trinajstić information content (AvgIpc) is 2.35. The Morgan fingerprint density at radius 1 is 1.28 bits per heavy atom. The summed E-state index contributed by atoms with van der Waals surface area (Å²) < 4.78 is 1.74. The van der Waals surface area contributed by atoms with E-state index in [2.05, 4.69) is 0 Å². The molecular weight excluding hydrogens is 293 g/mol. The fourth-order valence-electron chi connectivity index (χ4n) is 2.60. The van der Waals surface area contributed by atoms with Gasteiger partial charge < -0.3 is 4.57 Å². The van der Waals surface area contributed by atoms with Crippen molar-refractivity contribution in [1.29, 1.82) is 0 Å². The maximum absolute atomic E-state index is 12.4. The van der Waals surface area contributed by atoms with Crippen LogP contribution in [0.5, 0.6) is 0 Å². The molecular formula is C13H10Cl3NO. The monoisotopic (exact) mass is 301 g/mol. The third-order valence-electron chi connectivity index (χ3n) is 3.38. The van der Waals surface area contributed by atoms with Gasteiger partial charge in [-0.15, -0.1) is 0 Å². The van der Waals surface area contributed by atoms with Crippen molar-refractivity contribution in [2.75, 3.05) is 0 Å². The molecule has 2 aromatic rings. The van der Waals surface area contributed by atoms with Crippen LogP contribution >= 0.6 is 34.8 Å². The van der Waals surface area contributed by atoms with Gasteiger partial charge in [0, 0.05) is 11.9 Å². The number of nitrogens with zero attached hydrogens (tertiary/aromatic N) is 1. The van der Waals surface area contributed by atoms with Crippen LogP contribution in [0.4, 0.5) is 0 Å². The van der Waals surface area contributed by atoms with Crippen LogP contribution in [0, 0.1) is 0 Å². The molecule has 0 bridgehead atoms. The summed E-state index contributed by atoms with van der Waals surface area (Å²) in [6, 6.07) is 5.89. The van der Waals surface area contributed by atoms with E-state index in [0.717, 1.165) is 29.3 Å². The summed E-state index contributed by atoms with van der Waals surface area (Å²) in [4.78, 5) is 11.5. The first kappa shape index (κ1) is 12.3. The molecule has 0 unspecified atom stereocenters. The Balaban J connectivity index is 2.54. The lowest BCUT2D eigenvalue weighted by atomic mass is 10.0. The SMILES string of the molecule is O=c1c(C(Cl)Cl)c(Cl)c2cccc3c2n1CCC3. The molecule has 0 fully saturated rings. The zero-order valence-electron chi connectivity index (χ0n) is 9.42. The highest BCUT2D eigenvalue weighted by Crippen LogP contribution is 2.35. The number of aryl methyl sites for hydroxylation is 2. The topological polar surface area (TPSA) is 22.0 Å². The lowest BCUT2D eigenvalue weighted by molar-refractivity contribution is 0.613. The van der Waals surface area contributed by atoms with Crippen molar-refractivity contribution in [3.05, 3.63) is 44.7 Å². The molecule has 94 valence electrons. The summed E-state index contributed by atoms with van der Waals surface area (Å²) in [5, 5.41) is 1.24. The van der Waals surface area contributed by atoms with Gasteiger partial charge in [0.2, 0.25) is 0 Å². The van der Waals surface area contributed by atoms with Gasteiger partial charge in [0.25, 0.3) is 5.56 Å². The van der Waals surface area contributed by atoms with E-state index in [1.54, 1.807) is 4.57 Å². The number of para-hydroxylation sites is 1. The third kappa shape index (κ3) is 1.67. The van der Waals surface area contributed by atoms with Crippen molar-refractivity contribution in [3.63, 3.8) is 0 Å². The summed E-state index contributed by atoms with van der Waals surface area (Å²) in [6.45, 7) is 0.691. The highest BCUT2D eigenvalue weighted by atomic mass is 35.5. The first-order chi connectivity index (χ1) is 8.61.